The third-order valence-electron chi connectivity index (χ3n) is 2.62. The number of nitro benzene ring substituents is 2. The fourth-order valence-corrected chi connectivity index (χ4v) is 1.75. The Balaban J connectivity index is 2.69. The third-order valence-corrected chi connectivity index (χ3v) is 2.62. The summed E-state index contributed by atoms with van der Waals surface area (Å²) in [6.45, 7) is 0. The van der Waals surface area contributed by atoms with E-state index in [-0.39, 0.29) is 11.1 Å². The highest BCUT2D eigenvalue weighted by Gasteiger charge is 2.23. The van der Waals surface area contributed by atoms with Crippen LogP contribution in [-0.4, -0.2) is 9.85 Å². The average Bonchev–Trinajstić information content (AvgIpc) is 2.38. The molecule has 0 atom stereocenters. The Morgan fingerprint density at radius 1 is 0.900 bits per heavy atom. The first kappa shape index (κ1) is 13.5. The maximum atomic E-state index is 13.5. The van der Waals surface area contributed by atoms with E-state index in [1.165, 1.54) is 12.1 Å². The van der Waals surface area contributed by atoms with Crippen LogP contribution >= 0.6 is 0 Å². The number of para-hydroxylation sites is 1. The van der Waals surface area contributed by atoms with Crippen molar-refractivity contribution in [1.82, 2.24) is 0 Å². The minimum absolute atomic E-state index is 0.00991. The van der Waals surface area contributed by atoms with Crippen molar-refractivity contribution in [3.8, 4) is 11.1 Å². The Labute approximate surface area is 110 Å². The summed E-state index contributed by atoms with van der Waals surface area (Å²) in [5.41, 5.74) is -1.81. The highest BCUT2D eigenvalue weighted by Crippen LogP contribution is 2.34. The lowest BCUT2D eigenvalue weighted by Gasteiger charge is -2.04. The number of rotatable bonds is 3. The first-order valence-corrected chi connectivity index (χ1v) is 5.29. The normalized spacial score (nSPS) is 10.3. The molecule has 8 heteroatoms. The predicted octanol–water partition coefficient (Wildman–Crippen LogP) is 3.45. The molecule has 0 fully saturated rings. The van der Waals surface area contributed by atoms with Gasteiger partial charge < -0.3 is 0 Å². The summed E-state index contributed by atoms with van der Waals surface area (Å²) in [5.74, 6) is -2.14. The molecule has 0 saturated heterocycles. The molecule has 0 bridgehead atoms. The van der Waals surface area contributed by atoms with Crippen LogP contribution in [0.1, 0.15) is 0 Å². The van der Waals surface area contributed by atoms with E-state index in [2.05, 4.69) is 0 Å². The Morgan fingerprint density at radius 2 is 1.60 bits per heavy atom. The summed E-state index contributed by atoms with van der Waals surface area (Å²) in [4.78, 5) is 19.6. The molecule has 0 spiro atoms. The van der Waals surface area contributed by atoms with Crippen LogP contribution in [0.5, 0.6) is 0 Å². The van der Waals surface area contributed by atoms with Gasteiger partial charge in [-0.1, -0.05) is 12.1 Å². The number of hydrogen-bond donors (Lipinski definition) is 0. The zero-order chi connectivity index (χ0) is 14.9. The van der Waals surface area contributed by atoms with Crippen molar-refractivity contribution < 1.29 is 18.6 Å². The molecule has 2 aromatic rings. The summed E-state index contributed by atoms with van der Waals surface area (Å²) in [6, 6.07) is 6.12. The van der Waals surface area contributed by atoms with Crippen molar-refractivity contribution in [3.63, 3.8) is 0 Å². The van der Waals surface area contributed by atoms with Gasteiger partial charge in [0.15, 0.2) is 0 Å². The second kappa shape index (κ2) is 5.00. The van der Waals surface area contributed by atoms with E-state index in [1.54, 1.807) is 0 Å². The van der Waals surface area contributed by atoms with Gasteiger partial charge in [0, 0.05) is 6.07 Å². The second-order valence-corrected chi connectivity index (χ2v) is 3.82. The van der Waals surface area contributed by atoms with Crippen LogP contribution < -0.4 is 0 Å². The van der Waals surface area contributed by atoms with Crippen molar-refractivity contribution in [2.45, 2.75) is 0 Å². The van der Waals surface area contributed by atoms with Crippen LogP contribution in [0.25, 0.3) is 11.1 Å². The first-order chi connectivity index (χ1) is 9.41. The highest BCUT2D eigenvalue weighted by atomic mass is 19.1. The summed E-state index contributed by atoms with van der Waals surface area (Å²) in [5, 5.41) is 21.5. The van der Waals surface area contributed by atoms with Gasteiger partial charge in [-0.2, -0.15) is 8.78 Å². The molecular weight excluding hydrogens is 274 g/mol. The zero-order valence-corrected chi connectivity index (χ0v) is 9.75. The lowest BCUT2D eigenvalue weighted by atomic mass is 10.0. The Hall–Kier alpha value is -2.90. The van der Waals surface area contributed by atoms with E-state index in [4.69, 9.17) is 0 Å². The summed E-state index contributed by atoms with van der Waals surface area (Å²) >= 11 is 0. The second-order valence-electron chi connectivity index (χ2n) is 3.82. The zero-order valence-electron chi connectivity index (χ0n) is 9.75. The van der Waals surface area contributed by atoms with Crippen molar-refractivity contribution >= 4 is 11.4 Å². The molecule has 0 saturated carbocycles. The Kier molecular flexibility index (Phi) is 3.38. The number of nitro groups is 2. The van der Waals surface area contributed by atoms with Crippen molar-refractivity contribution in [3.05, 3.63) is 68.3 Å². The van der Waals surface area contributed by atoms with E-state index >= 15 is 0 Å². The Morgan fingerprint density at radius 3 is 2.20 bits per heavy atom. The highest BCUT2D eigenvalue weighted by molar-refractivity contribution is 5.75. The lowest BCUT2D eigenvalue weighted by Crippen LogP contribution is -1.97. The maximum absolute atomic E-state index is 13.5. The summed E-state index contributed by atoms with van der Waals surface area (Å²) in [6.07, 6.45) is 0. The SMILES string of the molecule is O=[N+]([O-])c1cc(-c2cccc(F)c2[N+](=O)[O-])ccc1F. The molecule has 2 rings (SSSR count). The van der Waals surface area contributed by atoms with Gasteiger partial charge in [0.05, 0.1) is 15.4 Å². The molecule has 0 radical (unpaired) electrons. The van der Waals surface area contributed by atoms with E-state index in [0.29, 0.717) is 0 Å². The molecule has 20 heavy (non-hydrogen) atoms. The fraction of sp³-hybridized carbons (Fsp3) is 0. The smallest absolute Gasteiger partial charge is 0.258 e. The van der Waals surface area contributed by atoms with Gasteiger partial charge in [-0.15, -0.1) is 0 Å². The standard InChI is InChI=1S/C12H6F2N2O4/c13-9-5-4-7(6-11(9)15(17)18)8-2-1-3-10(14)12(8)16(19)20/h1-6H. The monoisotopic (exact) mass is 280 g/mol. The quantitative estimate of drug-likeness (QED) is 0.636. The van der Waals surface area contributed by atoms with Crippen LogP contribution in [0.4, 0.5) is 20.2 Å². The third kappa shape index (κ3) is 2.30. The Bertz CT molecular complexity index is 719. The first-order valence-electron chi connectivity index (χ1n) is 5.29. The molecule has 0 heterocycles. The van der Waals surface area contributed by atoms with Crippen molar-refractivity contribution in [2.75, 3.05) is 0 Å². The molecule has 0 aliphatic heterocycles. The fourth-order valence-electron chi connectivity index (χ4n) is 1.75. The molecule has 6 nitrogen and oxygen atoms in total. The van der Waals surface area contributed by atoms with Gasteiger partial charge in [-0.05, 0) is 23.8 Å². The summed E-state index contributed by atoms with van der Waals surface area (Å²) < 4.78 is 26.7. The van der Waals surface area contributed by atoms with Crippen LogP contribution in [-0.2, 0) is 0 Å². The van der Waals surface area contributed by atoms with Gasteiger partial charge in [-0.3, -0.25) is 20.2 Å². The molecule has 102 valence electrons. The molecule has 2 aromatic carbocycles. The molecule has 0 aliphatic rings. The van der Waals surface area contributed by atoms with Gasteiger partial charge in [-0.25, -0.2) is 0 Å². The number of halogens is 2. The van der Waals surface area contributed by atoms with E-state index in [1.807, 2.05) is 0 Å². The van der Waals surface area contributed by atoms with Gasteiger partial charge in [0.2, 0.25) is 11.6 Å². The lowest BCUT2D eigenvalue weighted by molar-refractivity contribution is -0.387. The molecule has 0 aliphatic carbocycles. The van der Waals surface area contributed by atoms with Crippen molar-refractivity contribution in [1.29, 1.82) is 0 Å². The molecule has 0 aromatic heterocycles. The van der Waals surface area contributed by atoms with Crippen LogP contribution in [0.2, 0.25) is 0 Å². The van der Waals surface area contributed by atoms with Crippen LogP contribution in [0.15, 0.2) is 36.4 Å². The minimum Gasteiger partial charge on any atom is -0.258 e. The number of nitrogens with zero attached hydrogens (tertiary/aromatic N) is 2. The van der Waals surface area contributed by atoms with Gasteiger partial charge >= 0.3 is 11.4 Å². The average molecular weight is 280 g/mol. The molecule has 0 amide bonds. The molecule has 0 N–H and O–H groups in total. The summed E-state index contributed by atoms with van der Waals surface area (Å²) in [7, 11) is 0. The minimum atomic E-state index is -1.07. The van der Waals surface area contributed by atoms with Gasteiger partial charge in [0.1, 0.15) is 0 Å². The predicted molar refractivity (Wildman–Crippen MR) is 65.1 cm³/mol. The van der Waals surface area contributed by atoms with Crippen LogP contribution in [0.3, 0.4) is 0 Å². The van der Waals surface area contributed by atoms with Crippen LogP contribution in [0, 0.1) is 31.9 Å². The largest absolute Gasteiger partial charge is 0.312 e. The van der Waals surface area contributed by atoms with E-state index < -0.39 is 32.9 Å². The topological polar surface area (TPSA) is 86.3 Å². The number of benzene rings is 2. The number of hydrogen-bond acceptors (Lipinski definition) is 4. The molecular formula is C12H6F2N2O4. The molecule has 0 unspecified atom stereocenters. The maximum Gasteiger partial charge on any atom is 0.312 e. The van der Waals surface area contributed by atoms with Gasteiger partial charge in [0.25, 0.3) is 0 Å². The van der Waals surface area contributed by atoms with E-state index in [0.717, 1.165) is 24.3 Å². The van der Waals surface area contributed by atoms with Crippen molar-refractivity contribution in [2.24, 2.45) is 0 Å². The van der Waals surface area contributed by atoms with E-state index in [9.17, 15) is 29.0 Å².